The Hall–Kier alpha value is -1.72. The van der Waals surface area contributed by atoms with Gasteiger partial charge in [-0.3, -0.25) is 4.79 Å². The Labute approximate surface area is 95.8 Å². The second kappa shape index (κ2) is 3.94. The molecule has 6 heteroatoms. The zero-order valence-corrected chi connectivity index (χ0v) is 9.04. The largest absolute Gasteiger partial charge is 0.573 e. The van der Waals surface area contributed by atoms with Crippen LogP contribution in [-0.4, -0.2) is 30.8 Å². The van der Waals surface area contributed by atoms with Gasteiger partial charge in [0.15, 0.2) is 0 Å². The minimum Gasteiger partial charge on any atom is -0.406 e. The molecular formula is C11H10F3NO2. The van der Waals surface area contributed by atoms with Gasteiger partial charge < -0.3 is 9.64 Å². The van der Waals surface area contributed by atoms with Crippen molar-refractivity contribution in [2.75, 3.05) is 13.6 Å². The zero-order chi connectivity index (χ0) is 12.6. The molecule has 1 aromatic carbocycles. The highest BCUT2D eigenvalue weighted by atomic mass is 19.4. The number of carbonyl (C=O) groups excluding carboxylic acids is 1. The van der Waals surface area contributed by atoms with Gasteiger partial charge in [-0.1, -0.05) is 0 Å². The minimum atomic E-state index is -4.70. The van der Waals surface area contributed by atoms with Gasteiger partial charge >= 0.3 is 6.36 Å². The number of rotatable bonds is 1. The van der Waals surface area contributed by atoms with Gasteiger partial charge in [0.25, 0.3) is 5.91 Å². The lowest BCUT2D eigenvalue weighted by molar-refractivity contribution is -0.274. The fourth-order valence-corrected chi connectivity index (χ4v) is 1.78. The van der Waals surface area contributed by atoms with Crippen molar-refractivity contribution >= 4 is 5.91 Å². The van der Waals surface area contributed by atoms with Crippen LogP contribution in [0.3, 0.4) is 0 Å². The lowest BCUT2D eigenvalue weighted by Gasteiger charge is -2.25. The normalized spacial score (nSPS) is 15.8. The van der Waals surface area contributed by atoms with Gasteiger partial charge in [0.05, 0.1) is 0 Å². The molecule has 1 amide bonds. The lowest BCUT2D eigenvalue weighted by atomic mass is 9.99. The topological polar surface area (TPSA) is 29.5 Å². The van der Waals surface area contributed by atoms with E-state index in [2.05, 4.69) is 4.74 Å². The maximum atomic E-state index is 12.0. The summed E-state index contributed by atoms with van der Waals surface area (Å²) in [6.45, 7) is 0.501. The summed E-state index contributed by atoms with van der Waals surface area (Å²) in [5, 5.41) is 0. The number of alkyl halides is 3. The fourth-order valence-electron chi connectivity index (χ4n) is 1.78. The summed E-state index contributed by atoms with van der Waals surface area (Å²) in [6.07, 6.45) is -4.17. The first-order valence-electron chi connectivity index (χ1n) is 5.01. The Morgan fingerprint density at radius 3 is 2.71 bits per heavy atom. The van der Waals surface area contributed by atoms with Gasteiger partial charge in [-0.2, -0.15) is 0 Å². The number of carbonyl (C=O) groups is 1. The quantitative estimate of drug-likeness (QED) is 0.759. The van der Waals surface area contributed by atoms with Crippen LogP contribution in [0.5, 0.6) is 5.75 Å². The number of amides is 1. The average molecular weight is 245 g/mol. The third-order valence-electron chi connectivity index (χ3n) is 2.60. The molecule has 0 saturated heterocycles. The molecule has 1 aromatic rings. The van der Waals surface area contributed by atoms with Crippen molar-refractivity contribution in [1.82, 2.24) is 4.90 Å². The van der Waals surface area contributed by atoms with Crippen LogP contribution >= 0.6 is 0 Å². The third kappa shape index (κ3) is 2.51. The number of ether oxygens (including phenoxy) is 1. The van der Waals surface area contributed by atoms with Crippen LogP contribution in [0, 0.1) is 0 Å². The van der Waals surface area contributed by atoms with Gasteiger partial charge in [-0.15, -0.1) is 13.2 Å². The predicted octanol–water partition coefficient (Wildman–Crippen LogP) is 2.21. The summed E-state index contributed by atoms with van der Waals surface area (Å²) in [6, 6.07) is 3.80. The van der Waals surface area contributed by atoms with E-state index in [0.29, 0.717) is 24.1 Å². The van der Waals surface area contributed by atoms with Crippen molar-refractivity contribution in [2.24, 2.45) is 0 Å². The zero-order valence-electron chi connectivity index (χ0n) is 9.04. The number of likely N-dealkylation sites (N-methyl/N-ethyl adjacent to an activating group) is 1. The molecule has 0 atom stereocenters. The minimum absolute atomic E-state index is 0.176. The van der Waals surface area contributed by atoms with E-state index in [9.17, 15) is 18.0 Å². The molecule has 0 radical (unpaired) electrons. The van der Waals surface area contributed by atoms with Gasteiger partial charge in [0.1, 0.15) is 5.75 Å². The van der Waals surface area contributed by atoms with Crippen molar-refractivity contribution in [3.8, 4) is 5.75 Å². The Balaban J connectivity index is 2.29. The summed E-state index contributed by atoms with van der Waals surface area (Å²) in [5.74, 6) is -0.460. The Morgan fingerprint density at radius 2 is 2.06 bits per heavy atom. The van der Waals surface area contributed by atoms with Crippen molar-refractivity contribution < 1.29 is 22.7 Å². The second-order valence-corrected chi connectivity index (χ2v) is 3.84. The van der Waals surface area contributed by atoms with Gasteiger partial charge in [-0.25, -0.2) is 0 Å². The van der Waals surface area contributed by atoms with E-state index in [4.69, 9.17) is 0 Å². The number of hydrogen-bond acceptors (Lipinski definition) is 2. The highest BCUT2D eigenvalue weighted by Crippen LogP contribution is 2.27. The summed E-state index contributed by atoms with van der Waals surface area (Å²) < 4.78 is 39.8. The summed E-state index contributed by atoms with van der Waals surface area (Å²) in [4.78, 5) is 13.2. The highest BCUT2D eigenvalue weighted by Gasteiger charge is 2.32. The molecule has 0 aliphatic carbocycles. The van der Waals surface area contributed by atoms with Crippen LogP contribution < -0.4 is 4.74 Å². The molecule has 0 saturated carbocycles. The predicted molar refractivity (Wildman–Crippen MR) is 53.8 cm³/mol. The van der Waals surface area contributed by atoms with Gasteiger partial charge in [-0.05, 0) is 30.2 Å². The standard InChI is InChI=1S/C11H10F3NO2/c1-15-5-4-7-6-8(17-11(12,13)14)2-3-9(7)10(15)16/h2-3,6H,4-5H2,1H3. The van der Waals surface area contributed by atoms with Crippen LogP contribution in [-0.2, 0) is 6.42 Å². The Morgan fingerprint density at radius 1 is 1.35 bits per heavy atom. The summed E-state index contributed by atoms with van der Waals surface area (Å²) >= 11 is 0. The first-order valence-corrected chi connectivity index (χ1v) is 5.01. The average Bonchev–Trinajstić information content (AvgIpc) is 2.21. The molecule has 0 spiro atoms. The monoisotopic (exact) mass is 245 g/mol. The van der Waals surface area contributed by atoms with E-state index in [1.165, 1.54) is 17.0 Å². The van der Waals surface area contributed by atoms with E-state index < -0.39 is 6.36 Å². The van der Waals surface area contributed by atoms with E-state index >= 15 is 0 Å². The third-order valence-corrected chi connectivity index (χ3v) is 2.60. The molecule has 0 aromatic heterocycles. The number of fused-ring (bicyclic) bond motifs is 1. The van der Waals surface area contributed by atoms with E-state index in [1.54, 1.807) is 7.05 Å². The SMILES string of the molecule is CN1CCc2cc(OC(F)(F)F)ccc2C1=O. The van der Waals surface area contributed by atoms with Crippen LogP contribution in [0.15, 0.2) is 18.2 Å². The van der Waals surface area contributed by atoms with Crippen LogP contribution in [0.4, 0.5) is 13.2 Å². The molecule has 1 aliphatic rings. The molecule has 1 aliphatic heterocycles. The summed E-state index contributed by atoms with van der Waals surface area (Å²) in [5.41, 5.74) is 1.03. The molecule has 3 nitrogen and oxygen atoms in total. The molecule has 1 heterocycles. The molecule has 0 unspecified atom stereocenters. The Bertz CT molecular complexity index is 457. The smallest absolute Gasteiger partial charge is 0.406 e. The fraction of sp³-hybridized carbons (Fsp3) is 0.364. The number of halogens is 3. The molecule has 17 heavy (non-hydrogen) atoms. The van der Waals surface area contributed by atoms with Crippen molar-refractivity contribution in [1.29, 1.82) is 0 Å². The second-order valence-electron chi connectivity index (χ2n) is 3.84. The van der Waals surface area contributed by atoms with Gasteiger partial charge in [0.2, 0.25) is 0 Å². The Kier molecular flexibility index (Phi) is 2.73. The highest BCUT2D eigenvalue weighted by molar-refractivity contribution is 5.96. The molecule has 92 valence electrons. The first kappa shape index (κ1) is 11.8. The van der Waals surface area contributed by atoms with Crippen LogP contribution in [0.1, 0.15) is 15.9 Å². The van der Waals surface area contributed by atoms with Crippen LogP contribution in [0.2, 0.25) is 0 Å². The molecule has 0 N–H and O–H groups in total. The number of benzene rings is 1. The van der Waals surface area contributed by atoms with Gasteiger partial charge in [0, 0.05) is 19.2 Å². The molecule has 0 fully saturated rings. The van der Waals surface area contributed by atoms with E-state index in [1.807, 2.05) is 0 Å². The first-order chi connectivity index (χ1) is 7.87. The maximum absolute atomic E-state index is 12.0. The molecule has 0 bridgehead atoms. The lowest BCUT2D eigenvalue weighted by Crippen LogP contribution is -2.34. The van der Waals surface area contributed by atoms with Crippen molar-refractivity contribution in [3.63, 3.8) is 0 Å². The van der Waals surface area contributed by atoms with E-state index in [0.717, 1.165) is 6.07 Å². The van der Waals surface area contributed by atoms with E-state index in [-0.39, 0.29) is 11.7 Å². The maximum Gasteiger partial charge on any atom is 0.573 e. The number of hydrogen-bond donors (Lipinski definition) is 0. The number of nitrogens with zero attached hydrogens (tertiary/aromatic N) is 1. The van der Waals surface area contributed by atoms with Crippen molar-refractivity contribution in [3.05, 3.63) is 29.3 Å². The molecular weight excluding hydrogens is 235 g/mol. The summed E-state index contributed by atoms with van der Waals surface area (Å²) in [7, 11) is 1.66. The van der Waals surface area contributed by atoms with Crippen molar-refractivity contribution in [2.45, 2.75) is 12.8 Å². The van der Waals surface area contributed by atoms with Crippen LogP contribution in [0.25, 0.3) is 0 Å². The molecule has 2 rings (SSSR count).